The first-order valence-corrected chi connectivity index (χ1v) is 4.56. The molecule has 0 saturated carbocycles. The minimum atomic E-state index is -5.06. The van der Waals surface area contributed by atoms with Crippen molar-refractivity contribution in [1.82, 2.24) is 4.98 Å². The van der Waals surface area contributed by atoms with E-state index in [0.717, 1.165) is 18.3 Å². The van der Waals surface area contributed by atoms with Gasteiger partial charge in [-0.2, -0.15) is 8.78 Å². The first-order chi connectivity index (χ1) is 8.62. The Morgan fingerprint density at radius 3 is 2.47 bits per heavy atom. The number of alkyl halides is 5. The summed E-state index contributed by atoms with van der Waals surface area (Å²) < 4.78 is 69.0. The molecule has 106 valence electrons. The highest BCUT2D eigenvalue weighted by Crippen LogP contribution is 2.30. The molecular formula is C9H6F5NO4. The molecule has 1 aromatic rings. The van der Waals surface area contributed by atoms with Crippen LogP contribution in [0.5, 0.6) is 11.6 Å². The van der Waals surface area contributed by atoms with Crippen LogP contribution < -0.4 is 9.47 Å². The van der Waals surface area contributed by atoms with Crippen LogP contribution in [-0.4, -0.2) is 35.0 Å². The Balaban J connectivity index is 2.82. The molecule has 0 radical (unpaired) electrons. The summed E-state index contributed by atoms with van der Waals surface area (Å²) in [4.78, 5) is 13.3. The molecule has 0 aliphatic carbocycles. The molecule has 10 heteroatoms. The predicted octanol–water partition coefficient (Wildman–Crippen LogP) is 2.08. The third-order valence-corrected chi connectivity index (χ3v) is 1.66. The molecule has 5 nitrogen and oxygen atoms in total. The number of aliphatic carboxylic acids is 1. The van der Waals surface area contributed by atoms with Crippen LogP contribution >= 0.6 is 0 Å². The fourth-order valence-corrected chi connectivity index (χ4v) is 0.908. The van der Waals surface area contributed by atoms with Gasteiger partial charge in [0, 0.05) is 6.20 Å². The van der Waals surface area contributed by atoms with Crippen LogP contribution in [0.2, 0.25) is 0 Å². The Kier molecular flexibility index (Phi) is 4.12. The maximum atomic E-state index is 12.7. The summed E-state index contributed by atoms with van der Waals surface area (Å²) in [6.45, 7) is -1.67. The lowest BCUT2D eigenvalue weighted by molar-refractivity contribution is -0.275. The Labute approximate surface area is 102 Å². The van der Waals surface area contributed by atoms with Gasteiger partial charge in [-0.25, -0.2) is 9.78 Å². The van der Waals surface area contributed by atoms with Crippen LogP contribution in [-0.2, 0) is 4.79 Å². The molecule has 0 amide bonds. The van der Waals surface area contributed by atoms with Crippen molar-refractivity contribution in [2.24, 2.45) is 0 Å². The lowest BCUT2D eigenvalue weighted by Crippen LogP contribution is -2.35. The van der Waals surface area contributed by atoms with Crippen LogP contribution in [0.3, 0.4) is 0 Å². The van der Waals surface area contributed by atoms with Crippen LogP contribution in [0.25, 0.3) is 0 Å². The van der Waals surface area contributed by atoms with Crippen molar-refractivity contribution < 1.29 is 41.3 Å². The Morgan fingerprint density at radius 2 is 1.95 bits per heavy atom. The van der Waals surface area contributed by atoms with Crippen LogP contribution in [0.4, 0.5) is 22.0 Å². The second kappa shape index (κ2) is 5.24. The van der Waals surface area contributed by atoms with Gasteiger partial charge >= 0.3 is 18.3 Å². The summed E-state index contributed by atoms with van der Waals surface area (Å²) in [6.07, 6.45) is -4.09. The van der Waals surface area contributed by atoms with Crippen molar-refractivity contribution >= 4 is 5.97 Å². The minimum Gasteiger partial charge on any atom is -0.477 e. The molecule has 0 aliphatic rings. The zero-order valence-corrected chi connectivity index (χ0v) is 8.95. The van der Waals surface area contributed by atoms with E-state index in [1.165, 1.54) is 0 Å². The summed E-state index contributed by atoms with van der Waals surface area (Å²) >= 11 is 0. The Hall–Kier alpha value is -2.13. The second-order valence-corrected chi connectivity index (χ2v) is 3.15. The van der Waals surface area contributed by atoms with Crippen LogP contribution in [0, 0.1) is 0 Å². The van der Waals surface area contributed by atoms with E-state index < -0.39 is 36.5 Å². The minimum absolute atomic E-state index is 0.786. The highest BCUT2D eigenvalue weighted by molar-refractivity contribution is 5.75. The first-order valence-electron chi connectivity index (χ1n) is 4.56. The van der Waals surface area contributed by atoms with Gasteiger partial charge in [-0.3, -0.25) is 0 Å². The largest absolute Gasteiger partial charge is 0.573 e. The molecule has 19 heavy (non-hydrogen) atoms. The SMILES string of the molecule is O=C(O)C(F)(F)COc1ncccc1OC(F)(F)F. The number of halogens is 5. The predicted molar refractivity (Wildman–Crippen MR) is 49.0 cm³/mol. The van der Waals surface area contributed by atoms with Gasteiger partial charge < -0.3 is 14.6 Å². The molecule has 1 aromatic heterocycles. The quantitative estimate of drug-likeness (QED) is 0.840. The van der Waals surface area contributed by atoms with Gasteiger partial charge in [0.15, 0.2) is 12.4 Å². The van der Waals surface area contributed by atoms with Crippen LogP contribution in [0.1, 0.15) is 0 Å². The zero-order valence-electron chi connectivity index (χ0n) is 8.95. The number of carboxylic acid groups (broad SMARTS) is 1. The third-order valence-electron chi connectivity index (χ3n) is 1.66. The number of aromatic nitrogens is 1. The van der Waals surface area contributed by atoms with E-state index in [9.17, 15) is 26.7 Å². The standard InChI is InChI=1S/C9H6F5NO4/c10-8(11,7(16)17)4-18-6-5(2-1-3-15-6)19-9(12,13)14/h1-3H,4H2,(H,16,17). The number of rotatable bonds is 5. The zero-order chi connectivity index (χ0) is 14.7. The molecule has 0 atom stereocenters. The number of ether oxygens (including phenoxy) is 2. The van der Waals surface area contributed by atoms with Crippen LogP contribution in [0.15, 0.2) is 18.3 Å². The number of carbonyl (C=O) groups is 1. The number of nitrogens with zero attached hydrogens (tertiary/aromatic N) is 1. The fourth-order valence-electron chi connectivity index (χ4n) is 0.908. The Bertz CT molecular complexity index is 462. The molecule has 0 fully saturated rings. The molecular weight excluding hydrogens is 281 g/mol. The monoisotopic (exact) mass is 287 g/mol. The summed E-state index contributed by atoms with van der Waals surface area (Å²) in [5.41, 5.74) is 0. The molecule has 0 aromatic carbocycles. The highest BCUT2D eigenvalue weighted by atomic mass is 19.4. The van der Waals surface area contributed by atoms with Crippen molar-refractivity contribution in [3.05, 3.63) is 18.3 Å². The van der Waals surface area contributed by atoms with Gasteiger partial charge in [-0.05, 0) is 12.1 Å². The van der Waals surface area contributed by atoms with Crippen molar-refractivity contribution in [2.75, 3.05) is 6.61 Å². The van der Waals surface area contributed by atoms with Gasteiger partial charge in [-0.15, -0.1) is 13.2 Å². The summed E-state index contributed by atoms with van der Waals surface area (Å²) in [5, 5.41) is 8.11. The van der Waals surface area contributed by atoms with E-state index in [-0.39, 0.29) is 0 Å². The topological polar surface area (TPSA) is 68.7 Å². The van der Waals surface area contributed by atoms with E-state index in [0.29, 0.717) is 0 Å². The summed E-state index contributed by atoms with van der Waals surface area (Å²) in [6, 6.07) is 1.85. The van der Waals surface area contributed by atoms with E-state index in [2.05, 4.69) is 14.5 Å². The number of pyridine rings is 1. The van der Waals surface area contributed by atoms with E-state index in [4.69, 9.17) is 5.11 Å². The smallest absolute Gasteiger partial charge is 0.477 e. The van der Waals surface area contributed by atoms with Crippen molar-refractivity contribution in [3.63, 3.8) is 0 Å². The fraction of sp³-hybridized carbons (Fsp3) is 0.333. The average molecular weight is 287 g/mol. The van der Waals surface area contributed by atoms with Gasteiger partial charge in [0.05, 0.1) is 0 Å². The van der Waals surface area contributed by atoms with E-state index >= 15 is 0 Å². The van der Waals surface area contributed by atoms with Crippen molar-refractivity contribution in [3.8, 4) is 11.6 Å². The molecule has 0 aliphatic heterocycles. The average Bonchev–Trinajstić information content (AvgIpc) is 2.25. The first kappa shape index (κ1) is 14.9. The molecule has 1 heterocycles. The lowest BCUT2D eigenvalue weighted by atomic mass is 10.4. The third kappa shape index (κ3) is 4.56. The second-order valence-electron chi connectivity index (χ2n) is 3.15. The normalized spacial score (nSPS) is 12.1. The lowest BCUT2D eigenvalue weighted by Gasteiger charge is -2.15. The molecule has 0 saturated heterocycles. The number of carboxylic acids is 1. The van der Waals surface area contributed by atoms with Gasteiger partial charge in [0.1, 0.15) is 0 Å². The summed E-state index contributed by atoms with van der Waals surface area (Å²) in [7, 11) is 0. The number of hydrogen-bond donors (Lipinski definition) is 1. The van der Waals surface area contributed by atoms with Crippen molar-refractivity contribution in [2.45, 2.75) is 12.3 Å². The maximum Gasteiger partial charge on any atom is 0.573 e. The molecule has 1 rings (SSSR count). The highest BCUT2D eigenvalue weighted by Gasteiger charge is 2.40. The van der Waals surface area contributed by atoms with Crippen molar-refractivity contribution in [1.29, 1.82) is 0 Å². The van der Waals surface area contributed by atoms with E-state index in [1.807, 2.05) is 0 Å². The van der Waals surface area contributed by atoms with Gasteiger partial charge in [0.2, 0.25) is 0 Å². The molecule has 1 N–H and O–H groups in total. The van der Waals surface area contributed by atoms with E-state index in [1.54, 1.807) is 0 Å². The molecule has 0 unspecified atom stereocenters. The molecule has 0 spiro atoms. The van der Waals surface area contributed by atoms with Gasteiger partial charge in [-0.1, -0.05) is 0 Å². The molecule has 0 bridgehead atoms. The van der Waals surface area contributed by atoms with Gasteiger partial charge in [0.25, 0.3) is 5.88 Å². The number of hydrogen-bond acceptors (Lipinski definition) is 4. The Morgan fingerprint density at radius 1 is 1.32 bits per heavy atom. The maximum absolute atomic E-state index is 12.7. The summed E-state index contributed by atoms with van der Waals surface area (Å²) in [5.74, 6) is -8.56.